The van der Waals surface area contributed by atoms with Crippen molar-refractivity contribution in [2.45, 2.75) is 31.4 Å². The van der Waals surface area contributed by atoms with Crippen LogP contribution in [0.2, 0.25) is 0 Å². The predicted molar refractivity (Wildman–Crippen MR) is 112 cm³/mol. The topological polar surface area (TPSA) is 39.5 Å². The van der Waals surface area contributed by atoms with E-state index >= 15 is 0 Å². The monoisotopic (exact) mass is 411 g/mol. The Morgan fingerprint density at radius 3 is 2.62 bits per heavy atom. The van der Waals surface area contributed by atoms with Gasteiger partial charge in [0.1, 0.15) is 0 Å². The zero-order valence-electron chi connectivity index (χ0n) is 15.9. The Balaban J connectivity index is 2.08. The first-order chi connectivity index (χ1) is 12.3. The third-order valence-corrected chi connectivity index (χ3v) is 6.36. The van der Waals surface area contributed by atoms with Crippen LogP contribution in [0.25, 0.3) is 0 Å². The number of methoxy groups -OCH3 is 2. The van der Waals surface area contributed by atoms with Crippen molar-refractivity contribution in [3.05, 3.63) is 39.4 Å². The number of hydrogen-bond donors (Lipinski definition) is 0. The molecule has 0 radical (unpaired) electrons. The van der Waals surface area contributed by atoms with Crippen LogP contribution < -0.4 is 9.47 Å². The van der Waals surface area contributed by atoms with Gasteiger partial charge in [-0.25, -0.2) is 4.68 Å². The van der Waals surface area contributed by atoms with E-state index in [-0.39, 0.29) is 0 Å². The Kier molecular flexibility index (Phi) is 7.69. The van der Waals surface area contributed by atoms with Crippen molar-refractivity contribution in [3.8, 4) is 11.5 Å². The van der Waals surface area contributed by atoms with E-state index in [1.165, 1.54) is 5.56 Å². The van der Waals surface area contributed by atoms with Crippen LogP contribution in [0, 0.1) is 10.9 Å². The fourth-order valence-electron chi connectivity index (χ4n) is 2.38. The zero-order valence-corrected chi connectivity index (χ0v) is 18.3. The lowest BCUT2D eigenvalue weighted by Crippen LogP contribution is -2.23. The van der Waals surface area contributed by atoms with Gasteiger partial charge in [0.15, 0.2) is 19.8 Å². The lowest BCUT2D eigenvalue weighted by atomic mass is 10.1. The van der Waals surface area contributed by atoms with Crippen LogP contribution >= 0.6 is 35.3 Å². The molecule has 0 bridgehead atoms. The van der Waals surface area contributed by atoms with Crippen molar-refractivity contribution >= 4 is 35.3 Å². The molecule has 8 heteroatoms. The van der Waals surface area contributed by atoms with E-state index in [1.54, 1.807) is 37.3 Å². The highest BCUT2D eigenvalue weighted by Gasteiger charge is 2.12. The van der Waals surface area contributed by atoms with Crippen LogP contribution in [0.5, 0.6) is 11.5 Å². The van der Waals surface area contributed by atoms with Gasteiger partial charge in [-0.2, -0.15) is 5.10 Å². The molecular weight excluding hydrogens is 386 g/mol. The molecule has 0 aliphatic carbocycles. The SMILES string of the molecule is C=C(C)CSc1nn(CN(C)Cc2cc(OC)c(OC)cc2C)c(=S)s1. The highest BCUT2D eigenvalue weighted by atomic mass is 32.2. The predicted octanol–water partition coefficient (Wildman–Crippen LogP) is 4.76. The Labute approximate surface area is 168 Å². The minimum absolute atomic E-state index is 0.636. The average molecular weight is 412 g/mol. The normalized spacial score (nSPS) is 11.0. The minimum Gasteiger partial charge on any atom is -0.493 e. The van der Waals surface area contributed by atoms with Crippen molar-refractivity contribution in [1.29, 1.82) is 0 Å². The van der Waals surface area contributed by atoms with Crippen molar-refractivity contribution in [2.24, 2.45) is 0 Å². The molecule has 0 aliphatic heterocycles. The molecule has 0 fully saturated rings. The molecule has 0 saturated carbocycles. The number of benzene rings is 1. The van der Waals surface area contributed by atoms with Gasteiger partial charge in [-0.05, 0) is 56.4 Å². The molecule has 0 aliphatic rings. The first-order valence-electron chi connectivity index (χ1n) is 8.09. The maximum Gasteiger partial charge on any atom is 0.181 e. The highest BCUT2D eigenvalue weighted by molar-refractivity contribution is 8.01. The number of aromatic nitrogens is 2. The van der Waals surface area contributed by atoms with Gasteiger partial charge < -0.3 is 9.47 Å². The Hall–Kier alpha value is -1.35. The number of rotatable bonds is 9. The molecule has 5 nitrogen and oxygen atoms in total. The third-order valence-electron chi connectivity index (χ3n) is 3.69. The minimum atomic E-state index is 0.636. The van der Waals surface area contributed by atoms with Crippen molar-refractivity contribution in [3.63, 3.8) is 0 Å². The fourth-order valence-corrected chi connectivity index (χ4v) is 4.54. The molecule has 0 unspecified atom stereocenters. The molecule has 0 atom stereocenters. The van der Waals surface area contributed by atoms with Crippen LogP contribution in [-0.4, -0.2) is 41.7 Å². The number of nitrogens with zero attached hydrogens (tertiary/aromatic N) is 3. The molecule has 0 amide bonds. The maximum absolute atomic E-state index is 5.45. The Morgan fingerprint density at radius 2 is 2.00 bits per heavy atom. The summed E-state index contributed by atoms with van der Waals surface area (Å²) in [7, 11) is 5.36. The van der Waals surface area contributed by atoms with Crippen LogP contribution in [-0.2, 0) is 13.2 Å². The summed E-state index contributed by atoms with van der Waals surface area (Å²) < 4.78 is 14.4. The first-order valence-corrected chi connectivity index (χ1v) is 10.3. The van der Waals surface area contributed by atoms with Gasteiger partial charge >= 0.3 is 0 Å². The van der Waals surface area contributed by atoms with E-state index in [0.29, 0.717) is 6.67 Å². The number of hydrogen-bond acceptors (Lipinski definition) is 7. The summed E-state index contributed by atoms with van der Waals surface area (Å²) in [5.74, 6) is 2.35. The fraction of sp³-hybridized carbons (Fsp3) is 0.444. The molecule has 2 rings (SSSR count). The van der Waals surface area contributed by atoms with Crippen molar-refractivity contribution in [1.82, 2.24) is 14.7 Å². The summed E-state index contributed by atoms with van der Waals surface area (Å²) in [6.07, 6.45) is 0. The number of ether oxygens (including phenoxy) is 2. The van der Waals surface area contributed by atoms with E-state index in [2.05, 4.69) is 30.5 Å². The summed E-state index contributed by atoms with van der Waals surface area (Å²) >= 11 is 8.68. The largest absolute Gasteiger partial charge is 0.493 e. The summed E-state index contributed by atoms with van der Waals surface area (Å²) in [5.41, 5.74) is 3.47. The second kappa shape index (κ2) is 9.55. The molecule has 142 valence electrons. The van der Waals surface area contributed by atoms with Gasteiger partial charge in [0.25, 0.3) is 0 Å². The van der Waals surface area contributed by atoms with E-state index < -0.39 is 0 Å². The van der Waals surface area contributed by atoms with E-state index in [1.807, 2.05) is 23.7 Å². The van der Waals surface area contributed by atoms with Crippen LogP contribution in [0.1, 0.15) is 18.1 Å². The molecule has 0 N–H and O–H groups in total. The van der Waals surface area contributed by atoms with Gasteiger partial charge in [-0.1, -0.05) is 35.3 Å². The molecule has 1 aromatic carbocycles. The molecule has 0 saturated heterocycles. The molecule has 1 aromatic heterocycles. The van der Waals surface area contributed by atoms with Crippen LogP contribution in [0.15, 0.2) is 28.6 Å². The standard InChI is InChI=1S/C18H25N3O2S3/c1-12(2)10-25-17-19-21(18(24)26-17)11-20(4)9-14-8-16(23-6)15(22-5)7-13(14)3/h7-8H,1,9-11H2,2-6H3. The van der Waals surface area contributed by atoms with Gasteiger partial charge in [0, 0.05) is 12.3 Å². The average Bonchev–Trinajstić information content (AvgIpc) is 2.94. The van der Waals surface area contributed by atoms with Crippen LogP contribution in [0.4, 0.5) is 0 Å². The van der Waals surface area contributed by atoms with Gasteiger partial charge in [-0.3, -0.25) is 4.90 Å². The first kappa shape index (κ1) is 21.0. The molecule has 26 heavy (non-hydrogen) atoms. The lowest BCUT2D eigenvalue weighted by Gasteiger charge is -2.19. The van der Waals surface area contributed by atoms with E-state index in [9.17, 15) is 0 Å². The molecular formula is C18H25N3O2S3. The lowest BCUT2D eigenvalue weighted by molar-refractivity contribution is 0.242. The molecule has 0 spiro atoms. The number of thioether (sulfide) groups is 1. The van der Waals surface area contributed by atoms with Crippen molar-refractivity contribution < 1.29 is 9.47 Å². The summed E-state index contributed by atoms with van der Waals surface area (Å²) in [5, 5.41) is 4.61. The maximum atomic E-state index is 5.45. The molecule has 1 heterocycles. The third kappa shape index (κ3) is 5.57. The van der Waals surface area contributed by atoms with Gasteiger partial charge in [-0.15, -0.1) is 0 Å². The zero-order chi connectivity index (χ0) is 19.3. The second-order valence-corrected chi connectivity index (χ2v) is 9.01. The summed E-state index contributed by atoms with van der Waals surface area (Å²) in [6.45, 7) is 9.42. The smallest absolute Gasteiger partial charge is 0.181 e. The van der Waals surface area contributed by atoms with Gasteiger partial charge in [0.05, 0.1) is 20.9 Å². The molecule has 2 aromatic rings. The van der Waals surface area contributed by atoms with E-state index in [0.717, 1.165) is 43.2 Å². The van der Waals surface area contributed by atoms with Crippen LogP contribution in [0.3, 0.4) is 0 Å². The number of aryl methyl sites for hydroxylation is 1. The Morgan fingerprint density at radius 1 is 1.35 bits per heavy atom. The van der Waals surface area contributed by atoms with Crippen molar-refractivity contribution in [2.75, 3.05) is 27.0 Å². The summed E-state index contributed by atoms with van der Waals surface area (Å²) in [6, 6.07) is 4.03. The van der Waals surface area contributed by atoms with E-state index in [4.69, 9.17) is 21.7 Å². The quantitative estimate of drug-likeness (QED) is 0.337. The highest BCUT2D eigenvalue weighted by Crippen LogP contribution is 2.31. The second-order valence-electron chi connectivity index (χ2n) is 6.17. The Bertz CT molecular complexity index is 830. The summed E-state index contributed by atoms with van der Waals surface area (Å²) in [4.78, 5) is 2.18. The van der Waals surface area contributed by atoms with Gasteiger partial charge in [0.2, 0.25) is 0 Å².